The summed E-state index contributed by atoms with van der Waals surface area (Å²) in [6, 6.07) is 19.9. The van der Waals surface area contributed by atoms with E-state index in [1.165, 1.54) is 5.56 Å². The predicted octanol–water partition coefficient (Wildman–Crippen LogP) is 5.83. The topological polar surface area (TPSA) is 55.8 Å². The predicted molar refractivity (Wildman–Crippen MR) is 109 cm³/mol. The van der Waals surface area contributed by atoms with E-state index < -0.39 is 11.4 Å². The van der Waals surface area contributed by atoms with Gasteiger partial charge in [-0.05, 0) is 85.3 Å². The first-order valence-corrected chi connectivity index (χ1v) is 9.75. The van der Waals surface area contributed by atoms with Crippen LogP contribution in [0.1, 0.15) is 31.7 Å². The van der Waals surface area contributed by atoms with Crippen LogP contribution in [0, 0.1) is 5.41 Å². The SMILES string of the molecule is CCOc1ccc(Oc2ccc3cc(CCC4(C(=O)O)CC4)ccc3c2)cc1. The summed E-state index contributed by atoms with van der Waals surface area (Å²) in [6.45, 7) is 2.60. The van der Waals surface area contributed by atoms with Crippen LogP contribution < -0.4 is 9.47 Å². The van der Waals surface area contributed by atoms with Crippen LogP contribution in [-0.2, 0) is 11.2 Å². The van der Waals surface area contributed by atoms with Gasteiger partial charge in [-0.3, -0.25) is 4.79 Å². The first-order chi connectivity index (χ1) is 13.6. The molecule has 4 rings (SSSR count). The molecule has 0 bridgehead atoms. The summed E-state index contributed by atoms with van der Waals surface area (Å²) in [4.78, 5) is 11.3. The fourth-order valence-electron chi connectivity index (χ4n) is 3.50. The molecule has 1 saturated carbocycles. The first kappa shape index (κ1) is 18.4. The Balaban J connectivity index is 1.45. The number of hydrogen-bond donors (Lipinski definition) is 1. The molecule has 144 valence electrons. The Morgan fingerprint density at radius 3 is 2.25 bits per heavy atom. The largest absolute Gasteiger partial charge is 0.494 e. The van der Waals surface area contributed by atoms with E-state index in [4.69, 9.17) is 9.47 Å². The van der Waals surface area contributed by atoms with E-state index in [-0.39, 0.29) is 0 Å². The van der Waals surface area contributed by atoms with E-state index in [2.05, 4.69) is 18.2 Å². The third kappa shape index (κ3) is 3.96. The maximum absolute atomic E-state index is 11.3. The number of rotatable bonds is 8. The lowest BCUT2D eigenvalue weighted by atomic mass is 9.95. The zero-order chi connectivity index (χ0) is 19.6. The molecule has 1 aliphatic carbocycles. The molecule has 1 N–H and O–H groups in total. The maximum atomic E-state index is 11.3. The summed E-state index contributed by atoms with van der Waals surface area (Å²) < 4.78 is 11.4. The fourth-order valence-corrected chi connectivity index (χ4v) is 3.50. The molecule has 0 spiro atoms. The molecular weight excluding hydrogens is 352 g/mol. The summed E-state index contributed by atoms with van der Waals surface area (Å²) in [5, 5.41) is 11.6. The van der Waals surface area contributed by atoms with Crippen LogP contribution in [0.5, 0.6) is 17.2 Å². The van der Waals surface area contributed by atoms with Crippen LogP contribution >= 0.6 is 0 Å². The third-order valence-corrected chi connectivity index (χ3v) is 5.45. The van der Waals surface area contributed by atoms with Crippen LogP contribution in [-0.4, -0.2) is 17.7 Å². The van der Waals surface area contributed by atoms with Gasteiger partial charge >= 0.3 is 5.97 Å². The molecule has 0 aromatic heterocycles. The summed E-state index contributed by atoms with van der Waals surface area (Å²) >= 11 is 0. The average Bonchev–Trinajstić information content (AvgIpc) is 3.49. The Morgan fingerprint density at radius 2 is 1.57 bits per heavy atom. The van der Waals surface area contributed by atoms with Gasteiger partial charge in [-0.2, -0.15) is 0 Å². The van der Waals surface area contributed by atoms with E-state index in [1.807, 2.05) is 49.4 Å². The van der Waals surface area contributed by atoms with Crippen molar-refractivity contribution < 1.29 is 19.4 Å². The number of hydrogen-bond acceptors (Lipinski definition) is 3. The minimum absolute atomic E-state index is 0.468. The Labute approximate surface area is 164 Å². The Morgan fingerprint density at radius 1 is 0.929 bits per heavy atom. The van der Waals surface area contributed by atoms with Crippen molar-refractivity contribution in [3.8, 4) is 17.2 Å². The summed E-state index contributed by atoms with van der Waals surface area (Å²) in [7, 11) is 0. The van der Waals surface area contributed by atoms with E-state index in [1.54, 1.807) is 0 Å². The summed E-state index contributed by atoms with van der Waals surface area (Å²) in [6.07, 6.45) is 3.13. The molecule has 0 amide bonds. The highest BCUT2D eigenvalue weighted by atomic mass is 16.5. The highest BCUT2D eigenvalue weighted by Crippen LogP contribution is 2.49. The monoisotopic (exact) mass is 376 g/mol. The minimum Gasteiger partial charge on any atom is -0.494 e. The van der Waals surface area contributed by atoms with Crippen molar-refractivity contribution in [1.29, 1.82) is 0 Å². The molecule has 0 radical (unpaired) electrons. The molecule has 1 fully saturated rings. The molecule has 3 aromatic rings. The van der Waals surface area contributed by atoms with Crippen molar-refractivity contribution in [2.45, 2.75) is 32.6 Å². The maximum Gasteiger partial charge on any atom is 0.309 e. The Bertz CT molecular complexity index is 987. The third-order valence-electron chi connectivity index (χ3n) is 5.45. The number of benzene rings is 3. The number of aryl methyl sites for hydroxylation is 1. The zero-order valence-corrected chi connectivity index (χ0v) is 16.0. The number of carbonyl (C=O) groups is 1. The smallest absolute Gasteiger partial charge is 0.309 e. The lowest BCUT2D eigenvalue weighted by Gasteiger charge is -2.11. The average molecular weight is 376 g/mol. The molecule has 0 unspecified atom stereocenters. The molecule has 0 atom stereocenters. The number of carboxylic acids is 1. The molecule has 0 aliphatic heterocycles. The van der Waals surface area contributed by atoms with Crippen LogP contribution in [0.4, 0.5) is 0 Å². The lowest BCUT2D eigenvalue weighted by Crippen LogP contribution is -2.15. The van der Waals surface area contributed by atoms with Gasteiger partial charge in [0.2, 0.25) is 0 Å². The summed E-state index contributed by atoms with van der Waals surface area (Å²) in [5.74, 6) is 1.73. The summed E-state index contributed by atoms with van der Waals surface area (Å²) in [5.41, 5.74) is 0.713. The van der Waals surface area contributed by atoms with Gasteiger partial charge in [0.05, 0.1) is 12.0 Å². The van der Waals surface area contributed by atoms with Crippen LogP contribution in [0.25, 0.3) is 10.8 Å². The van der Waals surface area contributed by atoms with Gasteiger partial charge in [0.1, 0.15) is 17.2 Å². The lowest BCUT2D eigenvalue weighted by molar-refractivity contribution is -0.143. The molecule has 0 saturated heterocycles. The van der Waals surface area contributed by atoms with E-state index >= 15 is 0 Å². The Hall–Kier alpha value is -3.01. The van der Waals surface area contributed by atoms with Crippen molar-refractivity contribution in [2.75, 3.05) is 6.61 Å². The van der Waals surface area contributed by atoms with E-state index in [0.717, 1.165) is 47.3 Å². The normalized spacial score (nSPS) is 14.6. The van der Waals surface area contributed by atoms with E-state index in [0.29, 0.717) is 13.0 Å². The number of carboxylic acid groups (broad SMARTS) is 1. The number of aliphatic carboxylic acids is 1. The van der Waals surface area contributed by atoms with Gasteiger partial charge in [-0.1, -0.05) is 24.3 Å². The van der Waals surface area contributed by atoms with Crippen molar-refractivity contribution in [1.82, 2.24) is 0 Å². The van der Waals surface area contributed by atoms with Gasteiger partial charge in [0.15, 0.2) is 0 Å². The molecule has 28 heavy (non-hydrogen) atoms. The van der Waals surface area contributed by atoms with Crippen molar-refractivity contribution in [2.24, 2.45) is 5.41 Å². The van der Waals surface area contributed by atoms with Crippen LogP contribution in [0.3, 0.4) is 0 Å². The van der Waals surface area contributed by atoms with Gasteiger partial charge in [-0.25, -0.2) is 0 Å². The van der Waals surface area contributed by atoms with E-state index in [9.17, 15) is 9.90 Å². The van der Waals surface area contributed by atoms with Crippen molar-refractivity contribution in [3.63, 3.8) is 0 Å². The van der Waals surface area contributed by atoms with Crippen LogP contribution in [0.2, 0.25) is 0 Å². The first-order valence-electron chi connectivity index (χ1n) is 9.75. The highest BCUT2D eigenvalue weighted by molar-refractivity contribution is 5.84. The second-order valence-electron chi connectivity index (χ2n) is 7.44. The molecule has 0 heterocycles. The minimum atomic E-state index is -0.649. The van der Waals surface area contributed by atoms with Crippen molar-refractivity contribution >= 4 is 16.7 Å². The molecule has 4 nitrogen and oxygen atoms in total. The number of ether oxygens (including phenoxy) is 2. The van der Waals surface area contributed by atoms with Gasteiger partial charge < -0.3 is 14.6 Å². The van der Waals surface area contributed by atoms with Gasteiger partial charge in [0, 0.05) is 0 Å². The highest BCUT2D eigenvalue weighted by Gasteiger charge is 2.49. The standard InChI is InChI=1S/C24H24O4/c1-2-27-20-7-9-21(10-8-20)28-22-6-5-18-15-17(3-4-19(18)16-22)11-12-24(13-14-24)23(25)26/h3-10,15-16H,2,11-14H2,1H3,(H,25,26). The Kier molecular flexibility index (Phi) is 4.95. The molecule has 1 aliphatic rings. The molecule has 4 heteroatoms. The quantitative estimate of drug-likeness (QED) is 0.537. The number of fused-ring (bicyclic) bond motifs is 1. The molecule has 3 aromatic carbocycles. The van der Waals surface area contributed by atoms with Gasteiger partial charge in [-0.15, -0.1) is 0 Å². The second kappa shape index (κ2) is 7.55. The molecular formula is C24H24O4. The zero-order valence-electron chi connectivity index (χ0n) is 16.0. The second-order valence-corrected chi connectivity index (χ2v) is 7.44. The fraction of sp³-hybridized carbons (Fsp3) is 0.292. The van der Waals surface area contributed by atoms with Gasteiger partial charge in [0.25, 0.3) is 0 Å². The van der Waals surface area contributed by atoms with Crippen molar-refractivity contribution in [3.05, 3.63) is 66.2 Å². The van der Waals surface area contributed by atoms with Crippen LogP contribution in [0.15, 0.2) is 60.7 Å².